The van der Waals surface area contributed by atoms with E-state index in [-0.39, 0.29) is 5.91 Å². The quantitative estimate of drug-likeness (QED) is 0.634. The van der Waals surface area contributed by atoms with Gasteiger partial charge in [-0.1, -0.05) is 41.3 Å². The lowest BCUT2D eigenvalue weighted by molar-refractivity contribution is -0.116. The van der Waals surface area contributed by atoms with Crippen LogP contribution in [0.3, 0.4) is 0 Å². The molecule has 0 N–H and O–H groups in total. The van der Waals surface area contributed by atoms with Gasteiger partial charge in [0.2, 0.25) is 5.91 Å². The van der Waals surface area contributed by atoms with Crippen molar-refractivity contribution in [3.05, 3.63) is 58.2 Å². The predicted molar refractivity (Wildman–Crippen MR) is 92.6 cm³/mol. The number of carbonyl (C=O) groups is 1. The molecular weight excluding hydrogens is 334 g/mol. The standard InChI is InChI=1S/C15H13N3OS3/c19-14(10-21-15-17-16-11-22-15)18(8-12-6-7-20-9-12)13-4-2-1-3-5-13/h1-7,9,11H,8,10H2. The Hall–Kier alpha value is -1.70. The molecule has 4 nitrogen and oxygen atoms in total. The van der Waals surface area contributed by atoms with Gasteiger partial charge in [-0.2, -0.15) is 11.3 Å². The van der Waals surface area contributed by atoms with Crippen molar-refractivity contribution < 1.29 is 4.79 Å². The molecule has 0 aliphatic rings. The summed E-state index contributed by atoms with van der Waals surface area (Å²) in [5.41, 5.74) is 3.73. The Kier molecular flexibility index (Phi) is 5.20. The molecule has 2 aromatic heterocycles. The number of hydrogen-bond acceptors (Lipinski definition) is 6. The molecule has 0 saturated heterocycles. The van der Waals surface area contributed by atoms with E-state index in [1.807, 2.05) is 46.7 Å². The highest BCUT2D eigenvalue weighted by Gasteiger charge is 2.17. The number of rotatable bonds is 6. The van der Waals surface area contributed by atoms with Gasteiger partial charge < -0.3 is 4.90 Å². The van der Waals surface area contributed by atoms with E-state index in [4.69, 9.17) is 0 Å². The summed E-state index contributed by atoms with van der Waals surface area (Å²) < 4.78 is 0.817. The largest absolute Gasteiger partial charge is 0.307 e. The van der Waals surface area contributed by atoms with Crippen LogP contribution in [0.1, 0.15) is 5.56 Å². The highest BCUT2D eigenvalue weighted by molar-refractivity contribution is 8.01. The molecular formula is C15H13N3OS3. The normalized spacial score (nSPS) is 10.5. The number of nitrogens with zero attached hydrogens (tertiary/aromatic N) is 3. The second-order valence-corrected chi connectivity index (χ2v) is 7.28. The average molecular weight is 347 g/mol. The number of thiophene rings is 1. The van der Waals surface area contributed by atoms with Crippen LogP contribution in [0.15, 0.2) is 57.0 Å². The molecule has 0 spiro atoms. The summed E-state index contributed by atoms with van der Waals surface area (Å²) in [7, 11) is 0. The molecule has 1 amide bonds. The van der Waals surface area contributed by atoms with Crippen LogP contribution < -0.4 is 4.90 Å². The van der Waals surface area contributed by atoms with Crippen LogP contribution in [0.2, 0.25) is 0 Å². The third-order valence-corrected chi connectivity index (χ3v) is 5.53. The summed E-state index contributed by atoms with van der Waals surface area (Å²) in [5.74, 6) is 0.423. The molecule has 22 heavy (non-hydrogen) atoms. The van der Waals surface area contributed by atoms with E-state index in [0.717, 1.165) is 15.6 Å². The van der Waals surface area contributed by atoms with Gasteiger partial charge in [-0.05, 0) is 34.5 Å². The van der Waals surface area contributed by atoms with Crippen LogP contribution in [0.25, 0.3) is 0 Å². The van der Waals surface area contributed by atoms with Crippen molar-refractivity contribution in [1.82, 2.24) is 10.2 Å². The Morgan fingerprint density at radius 2 is 2.09 bits per heavy atom. The molecule has 0 saturated carbocycles. The summed E-state index contributed by atoms with van der Waals surface area (Å²) in [6, 6.07) is 11.8. The summed E-state index contributed by atoms with van der Waals surface area (Å²) in [6.07, 6.45) is 0. The third-order valence-electron chi connectivity index (χ3n) is 2.95. The van der Waals surface area contributed by atoms with Crippen LogP contribution >= 0.6 is 34.4 Å². The maximum Gasteiger partial charge on any atom is 0.237 e. The minimum Gasteiger partial charge on any atom is -0.307 e. The van der Waals surface area contributed by atoms with Crippen molar-refractivity contribution in [2.45, 2.75) is 10.9 Å². The SMILES string of the molecule is O=C(CSc1nncs1)N(Cc1ccsc1)c1ccccc1. The van der Waals surface area contributed by atoms with Gasteiger partial charge in [-0.25, -0.2) is 0 Å². The Bertz CT molecular complexity index is 699. The summed E-state index contributed by atoms with van der Waals surface area (Å²) in [5, 5.41) is 11.8. The molecule has 112 valence electrons. The first-order chi connectivity index (χ1) is 10.8. The molecule has 0 atom stereocenters. The van der Waals surface area contributed by atoms with E-state index >= 15 is 0 Å². The van der Waals surface area contributed by atoms with Gasteiger partial charge in [-0.3, -0.25) is 4.79 Å². The molecule has 0 bridgehead atoms. The topological polar surface area (TPSA) is 46.1 Å². The van der Waals surface area contributed by atoms with E-state index in [1.54, 1.807) is 16.8 Å². The van der Waals surface area contributed by atoms with E-state index in [9.17, 15) is 4.79 Å². The smallest absolute Gasteiger partial charge is 0.237 e. The Balaban J connectivity index is 1.74. The number of para-hydroxylation sites is 1. The Morgan fingerprint density at radius 3 is 2.77 bits per heavy atom. The predicted octanol–water partition coefficient (Wildman–Crippen LogP) is 3.93. The average Bonchev–Trinajstić information content (AvgIpc) is 3.24. The molecule has 3 aromatic rings. The highest BCUT2D eigenvalue weighted by atomic mass is 32.2. The first-order valence-electron chi connectivity index (χ1n) is 6.58. The van der Waals surface area contributed by atoms with Gasteiger partial charge >= 0.3 is 0 Å². The fourth-order valence-corrected chi connectivity index (χ4v) is 3.95. The molecule has 3 rings (SSSR count). The van der Waals surface area contributed by atoms with Gasteiger partial charge in [0.1, 0.15) is 5.51 Å². The maximum absolute atomic E-state index is 12.6. The third kappa shape index (κ3) is 3.94. The Labute approximate surface area is 140 Å². The molecule has 0 aliphatic heterocycles. The van der Waals surface area contributed by atoms with Gasteiger partial charge in [0, 0.05) is 5.69 Å². The highest BCUT2D eigenvalue weighted by Crippen LogP contribution is 2.23. The summed E-state index contributed by atoms with van der Waals surface area (Å²) in [4.78, 5) is 14.4. The lowest BCUT2D eigenvalue weighted by atomic mass is 10.2. The van der Waals surface area contributed by atoms with Crippen molar-refractivity contribution in [1.29, 1.82) is 0 Å². The van der Waals surface area contributed by atoms with E-state index < -0.39 is 0 Å². The zero-order valence-corrected chi connectivity index (χ0v) is 14.0. The Morgan fingerprint density at radius 1 is 1.23 bits per heavy atom. The maximum atomic E-state index is 12.6. The number of thioether (sulfide) groups is 1. The summed E-state index contributed by atoms with van der Waals surface area (Å²) >= 11 is 4.52. The fraction of sp³-hybridized carbons (Fsp3) is 0.133. The van der Waals surface area contributed by atoms with E-state index in [0.29, 0.717) is 12.3 Å². The second kappa shape index (κ2) is 7.53. The molecule has 0 unspecified atom stereocenters. The molecule has 0 radical (unpaired) electrons. The second-order valence-electron chi connectivity index (χ2n) is 4.44. The molecule has 0 aliphatic carbocycles. The van der Waals surface area contributed by atoms with Crippen LogP contribution in [0.5, 0.6) is 0 Å². The summed E-state index contributed by atoms with van der Waals surface area (Å²) in [6.45, 7) is 0.586. The number of hydrogen-bond donors (Lipinski definition) is 0. The number of aromatic nitrogens is 2. The first kappa shape index (κ1) is 15.2. The molecule has 0 fully saturated rings. The number of carbonyl (C=O) groups excluding carboxylic acids is 1. The number of anilines is 1. The fourth-order valence-electron chi connectivity index (χ4n) is 1.92. The van der Waals surface area contributed by atoms with Gasteiger partial charge in [0.05, 0.1) is 12.3 Å². The molecule has 7 heteroatoms. The van der Waals surface area contributed by atoms with Crippen LogP contribution in [0, 0.1) is 0 Å². The first-order valence-corrected chi connectivity index (χ1v) is 9.39. The minimum atomic E-state index is 0.0672. The van der Waals surface area contributed by atoms with Crippen molar-refractivity contribution in [3.8, 4) is 0 Å². The monoisotopic (exact) mass is 347 g/mol. The zero-order chi connectivity index (χ0) is 15.2. The minimum absolute atomic E-state index is 0.0672. The van der Waals surface area contributed by atoms with E-state index in [2.05, 4.69) is 15.6 Å². The van der Waals surface area contributed by atoms with Crippen LogP contribution in [-0.4, -0.2) is 21.9 Å². The number of benzene rings is 1. The number of amides is 1. The lowest BCUT2D eigenvalue weighted by Gasteiger charge is -2.22. The van der Waals surface area contributed by atoms with E-state index in [1.165, 1.54) is 23.1 Å². The van der Waals surface area contributed by atoms with Gasteiger partial charge in [-0.15, -0.1) is 10.2 Å². The van der Waals surface area contributed by atoms with Crippen LogP contribution in [-0.2, 0) is 11.3 Å². The molecule has 2 heterocycles. The van der Waals surface area contributed by atoms with Gasteiger partial charge in [0.25, 0.3) is 0 Å². The molecule has 1 aromatic carbocycles. The van der Waals surface area contributed by atoms with Crippen molar-refractivity contribution in [2.75, 3.05) is 10.7 Å². The zero-order valence-electron chi connectivity index (χ0n) is 11.6. The lowest BCUT2D eigenvalue weighted by Crippen LogP contribution is -2.31. The van der Waals surface area contributed by atoms with Crippen molar-refractivity contribution in [2.24, 2.45) is 0 Å². The van der Waals surface area contributed by atoms with Crippen molar-refractivity contribution in [3.63, 3.8) is 0 Å². The van der Waals surface area contributed by atoms with Crippen LogP contribution in [0.4, 0.5) is 5.69 Å². The van der Waals surface area contributed by atoms with Crippen molar-refractivity contribution >= 4 is 46.0 Å². The van der Waals surface area contributed by atoms with Gasteiger partial charge in [0.15, 0.2) is 4.34 Å².